The second-order valence-electron chi connectivity index (χ2n) is 6.52. The highest BCUT2D eigenvalue weighted by molar-refractivity contribution is 7.86. The first-order chi connectivity index (χ1) is 8.22. The van der Waals surface area contributed by atoms with Gasteiger partial charge in [-0.05, 0) is 61.7 Å². The molecule has 0 spiro atoms. The van der Waals surface area contributed by atoms with Crippen LogP contribution in [0.25, 0.3) is 0 Å². The van der Waals surface area contributed by atoms with Crippen molar-refractivity contribution in [3.63, 3.8) is 0 Å². The summed E-state index contributed by atoms with van der Waals surface area (Å²) in [7, 11) is -5.26. The van der Waals surface area contributed by atoms with Crippen LogP contribution >= 0.6 is 0 Å². The summed E-state index contributed by atoms with van der Waals surface area (Å²) in [4.78, 5) is 0. The fourth-order valence-electron chi connectivity index (χ4n) is 4.90. The van der Waals surface area contributed by atoms with Gasteiger partial charge in [-0.15, -0.1) is 0 Å². The van der Waals surface area contributed by atoms with E-state index in [2.05, 4.69) is 0 Å². The van der Waals surface area contributed by atoms with E-state index in [1.165, 1.54) is 6.42 Å². The summed E-state index contributed by atoms with van der Waals surface area (Å²) in [5, 5.41) is -3.98. The Bertz CT molecular complexity index is 446. The molecule has 3 nitrogen and oxygen atoms in total. The highest BCUT2D eigenvalue weighted by atomic mass is 32.2. The minimum Gasteiger partial charge on any atom is -0.281 e. The zero-order chi connectivity index (χ0) is 13.2. The van der Waals surface area contributed by atoms with Crippen molar-refractivity contribution in [2.45, 2.75) is 50.2 Å². The minimum absolute atomic E-state index is 0.0539. The molecule has 4 aliphatic carbocycles. The zero-order valence-electron chi connectivity index (χ0n) is 10.1. The lowest BCUT2D eigenvalue weighted by atomic mass is 9.73. The average molecular weight is 280 g/mol. The molecule has 4 fully saturated rings. The van der Waals surface area contributed by atoms with E-state index in [4.69, 9.17) is 4.55 Å². The fraction of sp³-hybridized carbons (Fsp3) is 1.00. The van der Waals surface area contributed by atoms with Gasteiger partial charge >= 0.3 is 15.4 Å². The zero-order valence-corrected chi connectivity index (χ0v) is 10.9. The summed E-state index contributed by atoms with van der Waals surface area (Å²) < 4.78 is 56.4. The molecule has 0 radical (unpaired) electrons. The molecule has 2 atom stereocenters. The summed E-state index contributed by atoms with van der Waals surface area (Å²) in [6, 6.07) is 0. The predicted octanol–water partition coefficient (Wildman–Crippen LogP) is 3.07. The third-order valence-corrected chi connectivity index (χ3v) is 6.41. The van der Waals surface area contributed by atoms with E-state index in [9.17, 15) is 17.2 Å². The lowest BCUT2D eigenvalue weighted by molar-refractivity contribution is 0.0452. The first kappa shape index (κ1) is 12.8. The molecule has 6 heteroatoms. The van der Waals surface area contributed by atoms with Crippen LogP contribution in [0.1, 0.15) is 44.9 Å². The van der Waals surface area contributed by atoms with Crippen LogP contribution in [0.15, 0.2) is 0 Å². The number of hydrogen-bond acceptors (Lipinski definition) is 2. The number of hydrogen-bond donors (Lipinski definition) is 1. The van der Waals surface area contributed by atoms with Crippen LogP contribution in [0, 0.1) is 23.2 Å². The maximum Gasteiger partial charge on any atom is 0.370 e. The Morgan fingerprint density at radius 3 is 2.22 bits per heavy atom. The quantitative estimate of drug-likeness (QED) is 0.805. The van der Waals surface area contributed by atoms with Crippen molar-refractivity contribution in [2.75, 3.05) is 0 Å². The largest absolute Gasteiger partial charge is 0.370 e. The van der Waals surface area contributed by atoms with Gasteiger partial charge in [0, 0.05) is 6.42 Å². The molecule has 18 heavy (non-hydrogen) atoms. The molecule has 0 aromatic rings. The molecule has 4 rings (SSSR count). The molecule has 4 aliphatic rings. The maximum atomic E-state index is 13.3. The van der Waals surface area contributed by atoms with E-state index >= 15 is 0 Å². The van der Waals surface area contributed by atoms with Crippen LogP contribution in [0.5, 0.6) is 0 Å². The van der Waals surface area contributed by atoms with Gasteiger partial charge in [0.25, 0.3) is 0 Å². The van der Waals surface area contributed by atoms with E-state index in [0.29, 0.717) is 17.8 Å². The van der Waals surface area contributed by atoms with E-state index in [0.717, 1.165) is 25.7 Å². The first-order valence-corrected chi connectivity index (χ1v) is 8.01. The number of alkyl halides is 2. The molecular formula is C12H18F2O3S. The SMILES string of the molecule is O=S(=O)(O)C(F)(F)CCC12CC3CC(CC1C3)C2. The van der Waals surface area contributed by atoms with Crippen molar-refractivity contribution >= 4 is 10.1 Å². The molecule has 0 aromatic carbocycles. The summed E-state index contributed by atoms with van der Waals surface area (Å²) in [5.74, 6) is 1.85. The van der Waals surface area contributed by atoms with E-state index < -0.39 is 21.8 Å². The molecule has 0 aliphatic heterocycles. The molecule has 4 bridgehead atoms. The lowest BCUT2D eigenvalue weighted by Crippen LogP contribution is -2.32. The monoisotopic (exact) mass is 280 g/mol. The molecule has 1 N–H and O–H groups in total. The Labute approximate surface area is 106 Å². The molecule has 2 unspecified atom stereocenters. The van der Waals surface area contributed by atoms with Gasteiger partial charge in [0.15, 0.2) is 0 Å². The normalized spacial score (nSPS) is 42.7. The molecular weight excluding hydrogens is 262 g/mol. The first-order valence-electron chi connectivity index (χ1n) is 6.57. The van der Waals surface area contributed by atoms with Gasteiger partial charge in [-0.2, -0.15) is 17.2 Å². The smallest absolute Gasteiger partial charge is 0.281 e. The van der Waals surface area contributed by atoms with E-state index in [-0.39, 0.29) is 11.8 Å². The topological polar surface area (TPSA) is 54.4 Å². The Morgan fingerprint density at radius 1 is 1.17 bits per heavy atom. The van der Waals surface area contributed by atoms with Crippen molar-refractivity contribution in [1.29, 1.82) is 0 Å². The average Bonchev–Trinajstić information content (AvgIpc) is 2.60. The molecule has 0 saturated heterocycles. The van der Waals surface area contributed by atoms with Gasteiger partial charge in [0.05, 0.1) is 0 Å². The van der Waals surface area contributed by atoms with Crippen LogP contribution in [0.3, 0.4) is 0 Å². The van der Waals surface area contributed by atoms with Gasteiger partial charge < -0.3 is 0 Å². The third-order valence-electron chi connectivity index (χ3n) is 5.45. The molecule has 0 heterocycles. The van der Waals surface area contributed by atoms with Crippen molar-refractivity contribution in [2.24, 2.45) is 23.2 Å². The molecule has 0 amide bonds. The molecule has 4 saturated carbocycles. The summed E-state index contributed by atoms with van der Waals surface area (Å²) in [6.07, 6.45) is 4.96. The Kier molecular flexibility index (Phi) is 2.60. The summed E-state index contributed by atoms with van der Waals surface area (Å²) in [5.41, 5.74) is -0.0539. The highest BCUT2D eigenvalue weighted by Gasteiger charge is 2.58. The maximum absolute atomic E-state index is 13.3. The minimum atomic E-state index is -5.26. The van der Waals surface area contributed by atoms with Crippen molar-refractivity contribution in [1.82, 2.24) is 0 Å². The number of halogens is 2. The van der Waals surface area contributed by atoms with E-state index in [1.54, 1.807) is 0 Å². The molecule has 0 aromatic heterocycles. The van der Waals surface area contributed by atoms with Gasteiger partial charge in [-0.1, -0.05) is 0 Å². The molecule has 104 valence electrons. The fourth-order valence-corrected chi connectivity index (χ4v) is 5.26. The van der Waals surface area contributed by atoms with Crippen molar-refractivity contribution < 1.29 is 21.8 Å². The number of rotatable bonds is 4. The third kappa shape index (κ3) is 1.80. The highest BCUT2D eigenvalue weighted by Crippen LogP contribution is 2.67. The van der Waals surface area contributed by atoms with Crippen LogP contribution in [-0.4, -0.2) is 18.2 Å². The van der Waals surface area contributed by atoms with Gasteiger partial charge in [0.1, 0.15) is 0 Å². The van der Waals surface area contributed by atoms with Crippen LogP contribution in [0.2, 0.25) is 0 Å². The second-order valence-corrected chi connectivity index (χ2v) is 8.07. The lowest BCUT2D eigenvalue weighted by Gasteiger charge is -2.33. The predicted molar refractivity (Wildman–Crippen MR) is 61.7 cm³/mol. The van der Waals surface area contributed by atoms with Gasteiger partial charge in [-0.3, -0.25) is 4.55 Å². The Hall–Kier alpha value is -0.230. The van der Waals surface area contributed by atoms with Crippen LogP contribution in [-0.2, 0) is 10.1 Å². The van der Waals surface area contributed by atoms with Gasteiger partial charge in [-0.25, -0.2) is 0 Å². The second kappa shape index (κ2) is 3.66. The summed E-state index contributed by atoms with van der Waals surface area (Å²) >= 11 is 0. The standard InChI is InChI=1S/C12H18F2O3S/c13-12(14,18(15,16)17)2-1-11-6-8-3-9(7-11)5-10(11)4-8/h8-10H,1-7H2,(H,15,16,17). The summed E-state index contributed by atoms with van der Waals surface area (Å²) in [6.45, 7) is 0. The van der Waals surface area contributed by atoms with Crippen molar-refractivity contribution in [3.05, 3.63) is 0 Å². The van der Waals surface area contributed by atoms with Gasteiger partial charge in [0.2, 0.25) is 0 Å². The van der Waals surface area contributed by atoms with Crippen LogP contribution < -0.4 is 0 Å². The van der Waals surface area contributed by atoms with Crippen molar-refractivity contribution in [3.8, 4) is 0 Å². The van der Waals surface area contributed by atoms with Crippen LogP contribution in [0.4, 0.5) is 8.78 Å². The Morgan fingerprint density at radius 2 is 1.72 bits per heavy atom. The Balaban J connectivity index is 1.72. The van der Waals surface area contributed by atoms with E-state index in [1.807, 2.05) is 0 Å².